The summed E-state index contributed by atoms with van der Waals surface area (Å²) >= 11 is 11.8. The Labute approximate surface area is 211 Å². The first-order valence-electron chi connectivity index (χ1n) is 11.4. The van der Waals surface area contributed by atoms with Crippen LogP contribution in [0.15, 0.2) is 42.5 Å². The predicted molar refractivity (Wildman–Crippen MR) is 126 cm³/mol. The van der Waals surface area contributed by atoms with E-state index in [0.717, 1.165) is 11.6 Å². The molecule has 2 aromatic carbocycles. The molecule has 10 heteroatoms. The number of ether oxygens (including phenoxy) is 2. The molecule has 3 aliphatic carbocycles. The highest BCUT2D eigenvalue weighted by molar-refractivity contribution is 6.30. The van der Waals surface area contributed by atoms with Crippen LogP contribution in [0.1, 0.15) is 50.2 Å². The molecule has 2 unspecified atom stereocenters. The summed E-state index contributed by atoms with van der Waals surface area (Å²) in [6.45, 7) is 0.301. The molecule has 6 rings (SSSR count). The number of hydrogen-bond donors (Lipinski definition) is 2. The zero-order chi connectivity index (χ0) is 25.0. The standard InChI is InChI=1S/C25H25Cl2FN2O5/c26-16-3-1-15(2-4-16)20-13-30(22(32)34-20)24-9-7-23(8-10-24,12-21(29)31)25(33,14-24)35-17-5-6-18(27)19(28)11-17/h1-6,11,20,33H,7-10,12-14H2,(H2,29,31). The zero-order valence-corrected chi connectivity index (χ0v) is 20.3. The van der Waals surface area contributed by atoms with Crippen LogP contribution in [0.3, 0.4) is 0 Å². The van der Waals surface area contributed by atoms with Crippen molar-refractivity contribution in [3.63, 3.8) is 0 Å². The van der Waals surface area contributed by atoms with E-state index in [1.165, 1.54) is 12.1 Å². The predicted octanol–water partition coefficient (Wildman–Crippen LogP) is 4.97. The molecule has 0 spiro atoms. The lowest BCUT2D eigenvalue weighted by molar-refractivity contribution is -0.289. The number of amides is 2. The normalized spacial score (nSPS) is 31.9. The number of fused-ring (bicyclic) bond motifs is 3. The minimum atomic E-state index is -1.86. The largest absolute Gasteiger partial charge is 0.462 e. The van der Waals surface area contributed by atoms with E-state index in [4.69, 9.17) is 38.4 Å². The van der Waals surface area contributed by atoms with Gasteiger partial charge < -0.3 is 20.3 Å². The Hall–Kier alpha value is -2.55. The summed E-state index contributed by atoms with van der Waals surface area (Å²) in [6.07, 6.45) is 0.873. The third-order valence-electron chi connectivity index (χ3n) is 7.85. The number of primary amides is 1. The van der Waals surface area contributed by atoms with E-state index in [1.54, 1.807) is 17.0 Å². The fourth-order valence-electron chi connectivity index (χ4n) is 5.99. The SMILES string of the molecule is NC(=O)CC12CCC(N3CC(c4ccc(Cl)cc4)OC3=O)(CC1)CC2(O)Oc1ccc(Cl)c(F)c1. The summed E-state index contributed by atoms with van der Waals surface area (Å²) in [7, 11) is 0. The van der Waals surface area contributed by atoms with Gasteiger partial charge in [-0.2, -0.15) is 0 Å². The maximum Gasteiger partial charge on any atom is 0.411 e. The monoisotopic (exact) mass is 522 g/mol. The van der Waals surface area contributed by atoms with Gasteiger partial charge in [-0.05, 0) is 55.5 Å². The van der Waals surface area contributed by atoms with Gasteiger partial charge in [-0.3, -0.25) is 9.69 Å². The highest BCUT2D eigenvalue weighted by atomic mass is 35.5. The first-order valence-corrected chi connectivity index (χ1v) is 12.2. The molecule has 4 fully saturated rings. The van der Waals surface area contributed by atoms with E-state index in [9.17, 15) is 19.1 Å². The van der Waals surface area contributed by atoms with Gasteiger partial charge in [-0.15, -0.1) is 0 Å². The molecular formula is C25H25Cl2FN2O5. The lowest BCUT2D eigenvalue weighted by Gasteiger charge is -2.62. The van der Waals surface area contributed by atoms with Crippen LogP contribution in [0.25, 0.3) is 0 Å². The Morgan fingerprint density at radius 1 is 1.17 bits per heavy atom. The second-order valence-corrected chi connectivity index (χ2v) is 10.7. The van der Waals surface area contributed by atoms with Crippen molar-refractivity contribution in [3.05, 3.63) is 63.9 Å². The molecule has 3 N–H and O–H groups in total. The summed E-state index contributed by atoms with van der Waals surface area (Å²) in [5.41, 5.74) is 4.66. The number of aliphatic hydroxyl groups is 1. The van der Waals surface area contributed by atoms with Crippen molar-refractivity contribution >= 4 is 35.2 Å². The van der Waals surface area contributed by atoms with Crippen LogP contribution in [0.4, 0.5) is 9.18 Å². The highest BCUT2D eigenvalue weighted by Gasteiger charge is 2.67. The van der Waals surface area contributed by atoms with Crippen molar-refractivity contribution in [1.82, 2.24) is 4.90 Å². The maximum absolute atomic E-state index is 14.1. The van der Waals surface area contributed by atoms with Gasteiger partial charge >= 0.3 is 6.09 Å². The van der Waals surface area contributed by atoms with Gasteiger partial charge in [-0.1, -0.05) is 35.3 Å². The zero-order valence-electron chi connectivity index (χ0n) is 18.8. The van der Waals surface area contributed by atoms with Crippen LogP contribution in [0.2, 0.25) is 10.0 Å². The average molecular weight is 523 g/mol. The minimum Gasteiger partial charge on any atom is -0.462 e. The number of carbonyl (C=O) groups is 2. The van der Waals surface area contributed by atoms with Crippen LogP contribution in [-0.4, -0.2) is 39.9 Å². The smallest absolute Gasteiger partial charge is 0.411 e. The molecule has 4 aliphatic rings. The molecule has 7 nitrogen and oxygen atoms in total. The summed E-state index contributed by atoms with van der Waals surface area (Å²) in [5, 5.41) is 12.4. The second kappa shape index (κ2) is 8.54. The third-order valence-corrected chi connectivity index (χ3v) is 8.41. The number of rotatable bonds is 6. The molecular weight excluding hydrogens is 498 g/mol. The Balaban J connectivity index is 1.46. The van der Waals surface area contributed by atoms with Crippen LogP contribution in [0.5, 0.6) is 5.75 Å². The van der Waals surface area contributed by atoms with Crippen molar-refractivity contribution in [2.75, 3.05) is 6.54 Å². The lowest BCUT2D eigenvalue weighted by atomic mass is 9.52. The van der Waals surface area contributed by atoms with Gasteiger partial charge in [0, 0.05) is 29.3 Å². The van der Waals surface area contributed by atoms with Crippen LogP contribution in [-0.2, 0) is 9.53 Å². The van der Waals surface area contributed by atoms with Gasteiger partial charge in [0.2, 0.25) is 11.7 Å². The quantitative estimate of drug-likeness (QED) is 0.521. The van der Waals surface area contributed by atoms with Crippen LogP contribution >= 0.6 is 23.2 Å². The molecule has 2 amide bonds. The third kappa shape index (κ3) is 4.11. The number of halogens is 3. The fraction of sp³-hybridized carbons (Fsp3) is 0.440. The molecule has 1 aliphatic heterocycles. The molecule has 0 radical (unpaired) electrons. The minimum absolute atomic E-state index is 0.0277. The lowest BCUT2D eigenvalue weighted by Crippen LogP contribution is -2.70. The number of carbonyl (C=O) groups excluding carboxylic acids is 2. The van der Waals surface area contributed by atoms with E-state index < -0.39 is 40.7 Å². The molecule has 2 atom stereocenters. The van der Waals surface area contributed by atoms with Crippen molar-refractivity contribution in [2.45, 2.75) is 56.0 Å². The van der Waals surface area contributed by atoms with Crippen molar-refractivity contribution in [1.29, 1.82) is 0 Å². The number of benzene rings is 2. The van der Waals surface area contributed by atoms with Crippen molar-refractivity contribution in [3.8, 4) is 5.75 Å². The number of nitrogens with zero attached hydrogens (tertiary/aromatic N) is 1. The molecule has 2 bridgehead atoms. The van der Waals surface area contributed by atoms with E-state index >= 15 is 0 Å². The number of nitrogens with two attached hydrogens (primary N) is 1. The summed E-state index contributed by atoms with van der Waals surface area (Å²) in [6, 6.07) is 11.0. The van der Waals surface area contributed by atoms with Gasteiger partial charge in [-0.25, -0.2) is 9.18 Å². The fourth-order valence-corrected chi connectivity index (χ4v) is 6.23. The van der Waals surface area contributed by atoms with E-state index in [-0.39, 0.29) is 23.6 Å². The Kier molecular flexibility index (Phi) is 5.89. The Morgan fingerprint density at radius 3 is 2.49 bits per heavy atom. The maximum atomic E-state index is 14.1. The number of hydrogen-bond acceptors (Lipinski definition) is 5. The molecule has 1 heterocycles. The molecule has 3 saturated carbocycles. The molecule has 2 aromatic rings. The van der Waals surface area contributed by atoms with Gasteiger partial charge in [0.25, 0.3) is 0 Å². The molecule has 1 saturated heterocycles. The van der Waals surface area contributed by atoms with Crippen molar-refractivity contribution < 1.29 is 28.6 Å². The summed E-state index contributed by atoms with van der Waals surface area (Å²) in [4.78, 5) is 26.7. The van der Waals surface area contributed by atoms with Crippen LogP contribution < -0.4 is 10.5 Å². The van der Waals surface area contributed by atoms with E-state index in [1.807, 2.05) is 12.1 Å². The molecule has 35 heavy (non-hydrogen) atoms. The van der Waals surface area contributed by atoms with Gasteiger partial charge in [0.05, 0.1) is 17.1 Å². The van der Waals surface area contributed by atoms with E-state index in [2.05, 4.69) is 0 Å². The molecule has 0 aromatic heterocycles. The topological polar surface area (TPSA) is 102 Å². The van der Waals surface area contributed by atoms with Crippen LogP contribution in [0, 0.1) is 11.2 Å². The first kappa shape index (κ1) is 24.2. The van der Waals surface area contributed by atoms with Gasteiger partial charge in [0.15, 0.2) is 0 Å². The van der Waals surface area contributed by atoms with E-state index in [0.29, 0.717) is 37.3 Å². The second-order valence-electron chi connectivity index (χ2n) is 9.82. The highest BCUT2D eigenvalue weighted by Crippen LogP contribution is 2.62. The number of cyclic esters (lactones) is 1. The first-order chi connectivity index (χ1) is 16.5. The summed E-state index contributed by atoms with van der Waals surface area (Å²) in [5.74, 6) is -3.05. The average Bonchev–Trinajstić information content (AvgIpc) is 3.20. The Bertz CT molecular complexity index is 1170. The molecule has 186 valence electrons. The summed E-state index contributed by atoms with van der Waals surface area (Å²) < 4.78 is 25.8. The van der Waals surface area contributed by atoms with Crippen molar-refractivity contribution in [2.24, 2.45) is 11.1 Å². The van der Waals surface area contributed by atoms with Gasteiger partial charge in [0.1, 0.15) is 17.7 Å². The Morgan fingerprint density at radius 2 is 1.86 bits per heavy atom.